The van der Waals surface area contributed by atoms with Crippen molar-refractivity contribution in [2.24, 2.45) is 0 Å². The standard InChI is InChI=1S/C18H23N/c1-4-14-7-9-17(10-8-14)19-18-12-15(5-2)11-16(6-3)13-18/h7-13,19H,4-6H2,1-3H3. The molecule has 0 fully saturated rings. The third-order valence-electron chi connectivity index (χ3n) is 3.52. The van der Waals surface area contributed by atoms with Crippen LogP contribution in [0, 0.1) is 0 Å². The molecular weight excluding hydrogens is 230 g/mol. The van der Waals surface area contributed by atoms with E-state index in [1.807, 2.05) is 0 Å². The van der Waals surface area contributed by atoms with Crippen LogP contribution < -0.4 is 5.32 Å². The van der Waals surface area contributed by atoms with Gasteiger partial charge in [0.2, 0.25) is 0 Å². The average molecular weight is 253 g/mol. The van der Waals surface area contributed by atoms with Crippen molar-refractivity contribution < 1.29 is 0 Å². The van der Waals surface area contributed by atoms with Gasteiger partial charge in [-0.25, -0.2) is 0 Å². The van der Waals surface area contributed by atoms with Crippen molar-refractivity contribution in [3.8, 4) is 0 Å². The molecule has 0 radical (unpaired) electrons. The van der Waals surface area contributed by atoms with E-state index in [0.29, 0.717) is 0 Å². The zero-order chi connectivity index (χ0) is 13.7. The molecule has 0 aromatic heterocycles. The number of aryl methyl sites for hydroxylation is 3. The van der Waals surface area contributed by atoms with Crippen LogP contribution in [0.3, 0.4) is 0 Å². The van der Waals surface area contributed by atoms with E-state index in [0.717, 1.165) is 24.9 Å². The second kappa shape index (κ2) is 6.42. The predicted octanol–water partition coefficient (Wildman–Crippen LogP) is 5.12. The van der Waals surface area contributed by atoms with E-state index < -0.39 is 0 Å². The van der Waals surface area contributed by atoms with Gasteiger partial charge < -0.3 is 5.32 Å². The van der Waals surface area contributed by atoms with Gasteiger partial charge >= 0.3 is 0 Å². The minimum Gasteiger partial charge on any atom is -0.356 e. The van der Waals surface area contributed by atoms with Gasteiger partial charge in [0, 0.05) is 11.4 Å². The molecular formula is C18H23N. The fraction of sp³-hybridized carbons (Fsp3) is 0.333. The average Bonchev–Trinajstić information content (AvgIpc) is 2.47. The minimum atomic E-state index is 1.08. The predicted molar refractivity (Wildman–Crippen MR) is 84.3 cm³/mol. The topological polar surface area (TPSA) is 12.0 Å². The molecule has 2 aromatic rings. The highest BCUT2D eigenvalue weighted by molar-refractivity contribution is 5.61. The Hall–Kier alpha value is -1.76. The summed E-state index contributed by atoms with van der Waals surface area (Å²) in [4.78, 5) is 0. The van der Waals surface area contributed by atoms with Gasteiger partial charge in [-0.15, -0.1) is 0 Å². The second-order valence-corrected chi connectivity index (χ2v) is 4.92. The Balaban J connectivity index is 2.21. The largest absolute Gasteiger partial charge is 0.356 e. The zero-order valence-electron chi connectivity index (χ0n) is 12.2. The van der Waals surface area contributed by atoms with E-state index >= 15 is 0 Å². The lowest BCUT2D eigenvalue weighted by Crippen LogP contribution is -1.94. The second-order valence-electron chi connectivity index (χ2n) is 4.92. The Kier molecular flexibility index (Phi) is 4.62. The summed E-state index contributed by atoms with van der Waals surface area (Å²) in [6.45, 7) is 6.59. The van der Waals surface area contributed by atoms with E-state index in [2.05, 4.69) is 68.6 Å². The summed E-state index contributed by atoms with van der Waals surface area (Å²) < 4.78 is 0. The lowest BCUT2D eigenvalue weighted by atomic mass is 10.1. The van der Waals surface area contributed by atoms with Gasteiger partial charge in [0.25, 0.3) is 0 Å². The molecule has 0 saturated carbocycles. The Morgan fingerprint density at radius 1 is 0.632 bits per heavy atom. The SMILES string of the molecule is CCc1ccc(Nc2cc(CC)cc(CC)c2)cc1. The van der Waals surface area contributed by atoms with Crippen molar-refractivity contribution in [3.05, 3.63) is 59.2 Å². The molecule has 2 rings (SSSR count). The van der Waals surface area contributed by atoms with Gasteiger partial charge in [-0.3, -0.25) is 0 Å². The summed E-state index contributed by atoms with van der Waals surface area (Å²) in [6.07, 6.45) is 3.25. The first kappa shape index (κ1) is 13.7. The molecule has 0 unspecified atom stereocenters. The van der Waals surface area contributed by atoms with Gasteiger partial charge in [-0.1, -0.05) is 39.0 Å². The van der Waals surface area contributed by atoms with Crippen LogP contribution >= 0.6 is 0 Å². The number of rotatable bonds is 5. The van der Waals surface area contributed by atoms with Crippen molar-refractivity contribution in [2.75, 3.05) is 5.32 Å². The Labute approximate surface area is 116 Å². The molecule has 1 N–H and O–H groups in total. The van der Waals surface area contributed by atoms with E-state index in [9.17, 15) is 0 Å². The molecule has 0 atom stereocenters. The molecule has 0 aliphatic heterocycles. The van der Waals surface area contributed by atoms with Crippen LogP contribution in [-0.4, -0.2) is 0 Å². The van der Waals surface area contributed by atoms with E-state index in [-0.39, 0.29) is 0 Å². The van der Waals surface area contributed by atoms with Gasteiger partial charge in [0.15, 0.2) is 0 Å². The highest BCUT2D eigenvalue weighted by atomic mass is 14.9. The highest BCUT2D eigenvalue weighted by Crippen LogP contribution is 2.21. The molecule has 100 valence electrons. The summed E-state index contributed by atoms with van der Waals surface area (Å²) in [5.41, 5.74) is 6.52. The normalized spacial score (nSPS) is 10.5. The van der Waals surface area contributed by atoms with E-state index in [4.69, 9.17) is 0 Å². The molecule has 0 aliphatic rings. The van der Waals surface area contributed by atoms with Gasteiger partial charge in [-0.2, -0.15) is 0 Å². The van der Waals surface area contributed by atoms with Gasteiger partial charge in [0.05, 0.1) is 0 Å². The van der Waals surface area contributed by atoms with Crippen LogP contribution in [-0.2, 0) is 19.3 Å². The minimum absolute atomic E-state index is 1.08. The third-order valence-corrected chi connectivity index (χ3v) is 3.52. The monoisotopic (exact) mass is 253 g/mol. The van der Waals surface area contributed by atoms with Crippen LogP contribution in [0.5, 0.6) is 0 Å². The fourth-order valence-corrected chi connectivity index (χ4v) is 2.23. The third kappa shape index (κ3) is 3.60. The van der Waals surface area contributed by atoms with E-state index in [1.54, 1.807) is 0 Å². The lowest BCUT2D eigenvalue weighted by molar-refractivity contribution is 1.09. The van der Waals surface area contributed by atoms with Crippen LogP contribution in [0.2, 0.25) is 0 Å². The number of benzene rings is 2. The quantitative estimate of drug-likeness (QED) is 0.780. The summed E-state index contributed by atoms with van der Waals surface area (Å²) in [5.74, 6) is 0. The Morgan fingerprint density at radius 3 is 1.63 bits per heavy atom. The zero-order valence-corrected chi connectivity index (χ0v) is 12.2. The smallest absolute Gasteiger partial charge is 0.0389 e. The van der Waals surface area contributed by atoms with Crippen LogP contribution in [0.25, 0.3) is 0 Å². The summed E-state index contributed by atoms with van der Waals surface area (Å²) in [6, 6.07) is 15.5. The molecule has 0 saturated heterocycles. The molecule has 0 bridgehead atoms. The first-order chi connectivity index (χ1) is 9.25. The maximum absolute atomic E-state index is 3.50. The highest BCUT2D eigenvalue weighted by Gasteiger charge is 2.00. The fourth-order valence-electron chi connectivity index (χ4n) is 2.23. The van der Waals surface area contributed by atoms with Crippen LogP contribution in [0.15, 0.2) is 42.5 Å². The maximum atomic E-state index is 3.50. The van der Waals surface area contributed by atoms with Gasteiger partial charge in [0.1, 0.15) is 0 Å². The Bertz CT molecular complexity index is 504. The van der Waals surface area contributed by atoms with Gasteiger partial charge in [-0.05, 0) is 60.2 Å². The van der Waals surface area contributed by atoms with Crippen LogP contribution in [0.1, 0.15) is 37.5 Å². The van der Waals surface area contributed by atoms with Crippen molar-refractivity contribution >= 4 is 11.4 Å². The Morgan fingerprint density at radius 2 is 1.16 bits per heavy atom. The number of anilines is 2. The molecule has 1 heteroatoms. The summed E-state index contributed by atoms with van der Waals surface area (Å²) in [7, 11) is 0. The van der Waals surface area contributed by atoms with Crippen LogP contribution in [0.4, 0.5) is 11.4 Å². The molecule has 1 nitrogen and oxygen atoms in total. The molecule has 0 amide bonds. The van der Waals surface area contributed by atoms with Crippen molar-refractivity contribution in [1.29, 1.82) is 0 Å². The number of hydrogen-bond acceptors (Lipinski definition) is 1. The molecule has 0 spiro atoms. The number of hydrogen-bond donors (Lipinski definition) is 1. The van der Waals surface area contributed by atoms with Crippen molar-refractivity contribution in [1.82, 2.24) is 0 Å². The van der Waals surface area contributed by atoms with Crippen molar-refractivity contribution in [3.63, 3.8) is 0 Å². The summed E-state index contributed by atoms with van der Waals surface area (Å²) in [5, 5.41) is 3.50. The molecule has 0 heterocycles. The first-order valence-corrected chi connectivity index (χ1v) is 7.24. The first-order valence-electron chi connectivity index (χ1n) is 7.24. The maximum Gasteiger partial charge on any atom is 0.0389 e. The summed E-state index contributed by atoms with van der Waals surface area (Å²) >= 11 is 0. The molecule has 19 heavy (non-hydrogen) atoms. The molecule has 0 aliphatic carbocycles. The molecule has 2 aromatic carbocycles. The van der Waals surface area contributed by atoms with E-state index in [1.165, 1.54) is 22.4 Å². The van der Waals surface area contributed by atoms with Crippen molar-refractivity contribution in [2.45, 2.75) is 40.0 Å². The lowest BCUT2D eigenvalue weighted by Gasteiger charge is -2.11. The number of nitrogens with one attached hydrogen (secondary N) is 1.